The van der Waals surface area contributed by atoms with E-state index in [0.29, 0.717) is 0 Å². The van der Waals surface area contributed by atoms with Crippen LogP contribution in [0.3, 0.4) is 0 Å². The Morgan fingerprint density at radius 3 is 1.96 bits per heavy atom. The normalized spacial score (nSPS) is 18.8. The quantitative estimate of drug-likeness (QED) is 0.133. The lowest BCUT2D eigenvalue weighted by Crippen LogP contribution is -2.37. The molecule has 4 rings (SSSR count). The molecule has 0 amide bonds. The maximum atomic E-state index is 14.3. The monoisotopic (exact) mass is 617 g/mol. The van der Waals surface area contributed by atoms with Gasteiger partial charge in [0.05, 0.1) is 67.2 Å². The molecule has 2 aliphatic rings. The Kier molecular flexibility index (Phi) is 10.1. The number of benzene rings is 2. The van der Waals surface area contributed by atoms with Crippen LogP contribution in [0.5, 0.6) is 0 Å². The van der Waals surface area contributed by atoms with Gasteiger partial charge in [-0.25, -0.2) is 8.78 Å². The van der Waals surface area contributed by atoms with E-state index in [9.17, 15) is 8.78 Å². The Morgan fingerprint density at radius 2 is 1.29 bits per heavy atom. The first-order valence-electron chi connectivity index (χ1n) is 16.3. The Balaban J connectivity index is 1.54. The average Bonchev–Trinajstić information content (AvgIpc) is 3.25. The molecule has 0 bridgehead atoms. The molecule has 0 unspecified atom stereocenters. The first-order valence-corrected chi connectivity index (χ1v) is 16.3. The van der Waals surface area contributed by atoms with Gasteiger partial charge < -0.3 is 13.9 Å². The fraction of sp³-hybridized carbons (Fsp3) is 0.462. The summed E-state index contributed by atoms with van der Waals surface area (Å²) in [6.45, 7) is 12.6. The maximum Gasteiger partial charge on any atom is 0.209 e. The van der Waals surface area contributed by atoms with Crippen LogP contribution in [0.4, 0.5) is 20.2 Å². The Hall–Kier alpha value is -3.35. The van der Waals surface area contributed by atoms with Crippen molar-refractivity contribution in [3.8, 4) is 0 Å². The topological polar surface area (TPSA) is 6.25 Å². The summed E-state index contributed by atoms with van der Waals surface area (Å²) in [6.07, 6.45) is 16.7. The minimum absolute atomic E-state index is 0.192. The zero-order chi connectivity index (χ0) is 33.2. The van der Waals surface area contributed by atoms with Crippen LogP contribution in [-0.4, -0.2) is 87.7 Å². The molecule has 0 saturated carbocycles. The highest BCUT2D eigenvalue weighted by Crippen LogP contribution is 2.48. The lowest BCUT2D eigenvalue weighted by molar-refractivity contribution is -0.871. The van der Waals surface area contributed by atoms with E-state index in [1.807, 2.05) is 18.2 Å². The second-order valence-corrected chi connectivity index (χ2v) is 15.7. The molecule has 0 aromatic heterocycles. The molecule has 6 heteroatoms. The zero-order valence-corrected chi connectivity index (χ0v) is 29.3. The van der Waals surface area contributed by atoms with Crippen LogP contribution in [0.1, 0.15) is 51.7 Å². The van der Waals surface area contributed by atoms with Gasteiger partial charge in [-0.15, -0.1) is 0 Å². The molecule has 2 aromatic carbocycles. The largest absolute Gasteiger partial charge is 0.344 e. The molecular formula is C39H55F2N4+3. The number of quaternary nitrogens is 2. The van der Waals surface area contributed by atoms with Crippen molar-refractivity contribution in [1.29, 1.82) is 0 Å². The third-order valence-corrected chi connectivity index (χ3v) is 9.08. The molecule has 2 heterocycles. The van der Waals surface area contributed by atoms with Crippen LogP contribution in [0.15, 0.2) is 84.6 Å². The number of hydrogen-bond acceptors (Lipinski definition) is 1. The molecule has 2 aliphatic heterocycles. The van der Waals surface area contributed by atoms with Crippen LogP contribution in [0.25, 0.3) is 0 Å². The summed E-state index contributed by atoms with van der Waals surface area (Å²) in [7, 11) is 13.3. The number of fused-ring (bicyclic) bond motifs is 2. The van der Waals surface area contributed by atoms with Gasteiger partial charge in [0.1, 0.15) is 11.6 Å². The minimum Gasteiger partial charge on any atom is -0.344 e. The van der Waals surface area contributed by atoms with Crippen LogP contribution in [0, 0.1) is 11.6 Å². The number of hydrogen-bond donors (Lipinski definition) is 0. The van der Waals surface area contributed by atoms with E-state index in [2.05, 4.69) is 116 Å². The molecule has 0 radical (unpaired) electrons. The summed E-state index contributed by atoms with van der Waals surface area (Å²) in [6, 6.07) is 10.4. The molecule has 2 aromatic rings. The Bertz CT molecular complexity index is 1540. The highest BCUT2D eigenvalue weighted by atomic mass is 19.1. The predicted octanol–water partition coefficient (Wildman–Crippen LogP) is 7.88. The van der Waals surface area contributed by atoms with Crippen molar-refractivity contribution in [3.63, 3.8) is 0 Å². The standard InChI is InChI=1S/C39H55F2N4/c1-38(2)32-28-30(40)20-22-34(32)42(24-16-26-44(5,6)7)36(38)18-14-12-11-13-15-19-37-39(3,4)33-29-31(41)21-23-35(33)43(37)25-17-27-45(8,9)10/h11-15,18-23,28-29H,16-17,24-27H2,1-10H3/q+3. The van der Waals surface area contributed by atoms with E-state index in [-0.39, 0.29) is 22.5 Å². The van der Waals surface area contributed by atoms with Crippen molar-refractivity contribution < 1.29 is 22.3 Å². The number of nitrogens with zero attached hydrogens (tertiary/aromatic N) is 4. The number of anilines is 1. The van der Waals surface area contributed by atoms with Crippen molar-refractivity contribution >= 4 is 17.1 Å². The number of allylic oxidation sites excluding steroid dienone is 8. The summed E-state index contributed by atoms with van der Waals surface area (Å²) in [5, 5.41) is 0. The summed E-state index contributed by atoms with van der Waals surface area (Å²) >= 11 is 0. The fourth-order valence-electron chi connectivity index (χ4n) is 6.67. The molecule has 45 heavy (non-hydrogen) atoms. The van der Waals surface area contributed by atoms with Gasteiger partial charge in [-0.3, -0.25) is 0 Å². The third kappa shape index (κ3) is 8.09. The van der Waals surface area contributed by atoms with Crippen LogP contribution in [0.2, 0.25) is 0 Å². The Morgan fingerprint density at radius 1 is 0.711 bits per heavy atom. The van der Waals surface area contributed by atoms with E-state index in [1.165, 1.54) is 11.4 Å². The van der Waals surface area contributed by atoms with Crippen LogP contribution in [-0.2, 0) is 10.8 Å². The van der Waals surface area contributed by atoms with Crippen molar-refractivity contribution in [2.24, 2.45) is 0 Å². The third-order valence-electron chi connectivity index (χ3n) is 9.08. The molecule has 0 atom stereocenters. The van der Waals surface area contributed by atoms with E-state index in [1.54, 1.807) is 24.3 Å². The van der Waals surface area contributed by atoms with Gasteiger partial charge in [0, 0.05) is 47.5 Å². The molecule has 4 nitrogen and oxygen atoms in total. The predicted molar refractivity (Wildman–Crippen MR) is 187 cm³/mol. The molecule has 0 spiro atoms. The number of halogens is 2. The summed E-state index contributed by atoms with van der Waals surface area (Å²) in [5.41, 5.74) is 6.05. The van der Waals surface area contributed by atoms with Crippen molar-refractivity contribution in [3.05, 3.63) is 107 Å². The highest BCUT2D eigenvalue weighted by Gasteiger charge is 2.44. The molecule has 0 fully saturated rings. The van der Waals surface area contributed by atoms with E-state index in [0.717, 1.165) is 70.5 Å². The van der Waals surface area contributed by atoms with Crippen molar-refractivity contribution in [2.75, 3.05) is 73.4 Å². The van der Waals surface area contributed by atoms with E-state index < -0.39 is 0 Å². The minimum atomic E-state index is -0.295. The van der Waals surface area contributed by atoms with Gasteiger partial charge in [-0.05, 0) is 55.8 Å². The van der Waals surface area contributed by atoms with Crippen molar-refractivity contribution in [2.45, 2.75) is 51.4 Å². The van der Waals surface area contributed by atoms with Gasteiger partial charge in [0.25, 0.3) is 0 Å². The lowest BCUT2D eigenvalue weighted by atomic mass is 9.81. The SMILES string of the molecule is CC1(C)C(/C=C/C=C/C=C/C=C2/N(CCC[N+](C)(C)C)c3ccc(F)cc3C2(C)C)=[N+](CCC[N+](C)(C)C)c2ccc(F)cc21. The van der Waals surface area contributed by atoms with Crippen molar-refractivity contribution in [1.82, 2.24) is 0 Å². The molecule has 0 N–H and O–H groups in total. The fourth-order valence-corrected chi connectivity index (χ4v) is 6.67. The summed E-state index contributed by atoms with van der Waals surface area (Å²) < 4.78 is 32.8. The summed E-state index contributed by atoms with van der Waals surface area (Å²) in [5.74, 6) is -0.383. The van der Waals surface area contributed by atoms with E-state index in [4.69, 9.17) is 0 Å². The molecule has 0 saturated heterocycles. The maximum absolute atomic E-state index is 14.3. The van der Waals surface area contributed by atoms with Gasteiger partial charge >= 0.3 is 0 Å². The van der Waals surface area contributed by atoms with Gasteiger partial charge in [-0.1, -0.05) is 44.2 Å². The molecular weight excluding hydrogens is 562 g/mol. The highest BCUT2D eigenvalue weighted by molar-refractivity contribution is 6.03. The van der Waals surface area contributed by atoms with Crippen LogP contribution < -0.4 is 4.90 Å². The van der Waals surface area contributed by atoms with Gasteiger partial charge in [-0.2, -0.15) is 4.58 Å². The van der Waals surface area contributed by atoms with Gasteiger partial charge in [0.2, 0.25) is 5.69 Å². The number of rotatable bonds is 12. The average molecular weight is 618 g/mol. The Labute approximate surface area is 271 Å². The zero-order valence-electron chi connectivity index (χ0n) is 29.3. The molecule has 242 valence electrons. The van der Waals surface area contributed by atoms with E-state index >= 15 is 0 Å². The van der Waals surface area contributed by atoms with Gasteiger partial charge in [0.15, 0.2) is 12.3 Å². The first kappa shape index (κ1) is 34.5. The smallest absolute Gasteiger partial charge is 0.209 e. The second-order valence-electron chi connectivity index (χ2n) is 15.7. The van der Waals surface area contributed by atoms with Crippen LogP contribution >= 0.6 is 0 Å². The summed E-state index contributed by atoms with van der Waals surface area (Å²) in [4.78, 5) is 2.37. The molecule has 0 aliphatic carbocycles. The second kappa shape index (κ2) is 13.2. The lowest BCUT2D eigenvalue weighted by Gasteiger charge is -2.29. The first-order chi connectivity index (χ1) is 20.9.